The zero-order valence-electron chi connectivity index (χ0n) is 22.2. The molecule has 7 nitrogen and oxygen atoms in total. The predicted octanol–water partition coefficient (Wildman–Crippen LogP) is 5.47. The molecule has 0 amide bonds. The molecule has 39 heavy (non-hydrogen) atoms. The van der Waals surface area contributed by atoms with Gasteiger partial charge < -0.3 is 9.64 Å². The van der Waals surface area contributed by atoms with Gasteiger partial charge in [0.15, 0.2) is 17.2 Å². The minimum absolute atomic E-state index is 0.178. The van der Waals surface area contributed by atoms with Crippen LogP contribution in [0.15, 0.2) is 73.2 Å². The van der Waals surface area contributed by atoms with E-state index in [1.165, 1.54) is 30.8 Å². The topological polar surface area (TPSA) is 58.8 Å². The highest BCUT2D eigenvalue weighted by Gasteiger charge is 2.41. The molecule has 5 heterocycles. The van der Waals surface area contributed by atoms with Crippen molar-refractivity contribution < 1.29 is 9.13 Å². The Bertz CT molecular complexity index is 1700. The molecule has 3 aromatic heterocycles. The summed E-state index contributed by atoms with van der Waals surface area (Å²) in [6, 6.07) is 18.7. The normalized spacial score (nSPS) is 18.8. The molecule has 2 aliphatic rings. The average Bonchev–Trinajstić information content (AvgIpc) is 3.66. The van der Waals surface area contributed by atoms with Crippen LogP contribution in [0.1, 0.15) is 12.0 Å². The number of piperazine rings is 1. The highest BCUT2D eigenvalue weighted by atomic mass is 19.1. The molecule has 2 aliphatic heterocycles. The number of nitrogens with zero attached hydrogens (tertiary/aromatic N) is 6. The highest BCUT2D eigenvalue weighted by Crippen LogP contribution is 2.39. The molecule has 196 valence electrons. The van der Waals surface area contributed by atoms with Crippen molar-refractivity contribution in [2.45, 2.75) is 25.4 Å². The Kier molecular flexibility index (Phi) is 5.59. The predicted molar refractivity (Wildman–Crippen MR) is 151 cm³/mol. The maximum Gasteiger partial charge on any atom is 0.165 e. The van der Waals surface area contributed by atoms with E-state index in [4.69, 9.17) is 14.8 Å². The molecule has 0 aliphatic carbocycles. The number of rotatable bonds is 5. The quantitative estimate of drug-likeness (QED) is 0.306. The lowest BCUT2D eigenvalue weighted by atomic mass is 10.0. The molecular weight excluding hydrogens is 491 g/mol. The van der Waals surface area contributed by atoms with E-state index in [0.29, 0.717) is 17.7 Å². The van der Waals surface area contributed by atoms with Crippen LogP contribution in [0.3, 0.4) is 0 Å². The minimum atomic E-state index is -0.412. The maximum absolute atomic E-state index is 14.3. The fourth-order valence-corrected chi connectivity index (χ4v) is 6.24. The van der Waals surface area contributed by atoms with Crippen molar-refractivity contribution in [2.75, 3.05) is 32.1 Å². The van der Waals surface area contributed by atoms with Crippen molar-refractivity contribution in [3.63, 3.8) is 0 Å². The Morgan fingerprint density at radius 2 is 1.77 bits per heavy atom. The summed E-state index contributed by atoms with van der Waals surface area (Å²) in [5.41, 5.74) is 8.44. The molecule has 2 atom stereocenters. The number of anilines is 1. The lowest BCUT2D eigenvalue weighted by molar-refractivity contribution is 0.292. The largest absolute Gasteiger partial charge is 0.494 e. The van der Waals surface area contributed by atoms with Gasteiger partial charge in [-0.25, -0.2) is 13.9 Å². The van der Waals surface area contributed by atoms with Crippen molar-refractivity contribution in [2.24, 2.45) is 0 Å². The van der Waals surface area contributed by atoms with Gasteiger partial charge in [-0.05, 0) is 74.0 Å². The summed E-state index contributed by atoms with van der Waals surface area (Å²) in [4.78, 5) is 14.0. The molecule has 0 radical (unpaired) electrons. The molecule has 0 N–H and O–H groups in total. The first-order valence-electron chi connectivity index (χ1n) is 13.2. The van der Waals surface area contributed by atoms with Crippen LogP contribution in [-0.4, -0.2) is 63.8 Å². The molecule has 0 unspecified atom stereocenters. The molecule has 2 fully saturated rings. The third-order valence-electron chi connectivity index (χ3n) is 8.24. The number of benzene rings is 2. The van der Waals surface area contributed by atoms with E-state index in [0.717, 1.165) is 46.7 Å². The highest BCUT2D eigenvalue weighted by molar-refractivity contribution is 5.91. The lowest BCUT2D eigenvalue weighted by Crippen LogP contribution is -2.44. The minimum Gasteiger partial charge on any atom is -0.494 e. The first-order chi connectivity index (χ1) is 19.0. The molecule has 5 aromatic rings. The lowest BCUT2D eigenvalue weighted by Gasteiger charge is -2.34. The zero-order valence-corrected chi connectivity index (χ0v) is 22.2. The van der Waals surface area contributed by atoms with E-state index in [1.807, 2.05) is 28.9 Å². The smallest absolute Gasteiger partial charge is 0.165 e. The zero-order chi connectivity index (χ0) is 26.7. The number of hydrogen-bond acceptors (Lipinski definition) is 6. The first-order valence-corrected chi connectivity index (χ1v) is 13.2. The van der Waals surface area contributed by atoms with Gasteiger partial charge in [-0.1, -0.05) is 12.1 Å². The molecule has 7 rings (SSSR count). The number of pyridine rings is 1. The first kappa shape index (κ1) is 23.8. The molecule has 2 bridgehead atoms. The van der Waals surface area contributed by atoms with Crippen LogP contribution >= 0.6 is 0 Å². The van der Waals surface area contributed by atoms with E-state index in [2.05, 4.69) is 47.0 Å². The van der Waals surface area contributed by atoms with Crippen LogP contribution in [0, 0.1) is 12.7 Å². The van der Waals surface area contributed by atoms with Crippen molar-refractivity contribution in [3.05, 3.63) is 84.6 Å². The van der Waals surface area contributed by atoms with Gasteiger partial charge >= 0.3 is 0 Å². The maximum atomic E-state index is 14.3. The second kappa shape index (κ2) is 9.17. The van der Waals surface area contributed by atoms with Gasteiger partial charge in [0, 0.05) is 60.6 Å². The summed E-state index contributed by atoms with van der Waals surface area (Å²) in [5.74, 6) is -0.234. The van der Waals surface area contributed by atoms with Gasteiger partial charge in [-0.3, -0.25) is 9.88 Å². The fraction of sp³-hybridized carbons (Fsp3) is 0.258. The number of likely N-dealkylation sites (tertiary alicyclic amines) is 1. The summed E-state index contributed by atoms with van der Waals surface area (Å²) < 4.78 is 21.5. The average molecular weight is 521 g/mol. The number of hydrogen-bond donors (Lipinski definition) is 0. The van der Waals surface area contributed by atoms with Gasteiger partial charge in [-0.15, -0.1) is 0 Å². The molecule has 2 saturated heterocycles. The standard InChI is InChI=1S/C31H29FN6O/c1-19-14-22(37-18-23-16-24(37)17-36(23)2)5-6-25(19)27-10-13-34-31-29(21-4-7-26(32)28(15-21)39-3)30(35-38(27)31)20-8-11-33-12-9-20/h4-15,23-24H,16-18H2,1-3H3/t23-,24-/m0/s1. The summed E-state index contributed by atoms with van der Waals surface area (Å²) in [6.45, 7) is 4.36. The van der Waals surface area contributed by atoms with Crippen LogP contribution in [-0.2, 0) is 0 Å². The number of ether oxygens (including phenoxy) is 1. The van der Waals surface area contributed by atoms with Gasteiger partial charge in [-0.2, -0.15) is 5.10 Å². The third kappa shape index (κ3) is 3.86. The van der Waals surface area contributed by atoms with Crippen molar-refractivity contribution in [1.29, 1.82) is 0 Å². The van der Waals surface area contributed by atoms with Gasteiger partial charge in [0.05, 0.1) is 18.4 Å². The van der Waals surface area contributed by atoms with Gasteiger partial charge in [0.1, 0.15) is 5.69 Å². The summed E-state index contributed by atoms with van der Waals surface area (Å²) in [6.07, 6.45) is 6.54. The number of aromatic nitrogens is 4. The Morgan fingerprint density at radius 1 is 0.923 bits per heavy atom. The molecular formula is C31H29FN6O. The van der Waals surface area contributed by atoms with Crippen LogP contribution in [0.25, 0.3) is 39.3 Å². The van der Waals surface area contributed by atoms with Crippen molar-refractivity contribution >= 4 is 11.3 Å². The molecule has 0 saturated carbocycles. The Labute approximate surface area is 226 Å². The number of fused-ring (bicyclic) bond motifs is 3. The van der Waals surface area contributed by atoms with Crippen molar-refractivity contribution in [1.82, 2.24) is 24.5 Å². The molecule has 8 heteroatoms. The Balaban J connectivity index is 1.37. The summed E-state index contributed by atoms with van der Waals surface area (Å²) in [5, 5.41) is 5.07. The van der Waals surface area contributed by atoms with Gasteiger partial charge in [0.2, 0.25) is 0 Å². The van der Waals surface area contributed by atoms with Crippen LogP contribution in [0.4, 0.5) is 10.1 Å². The van der Waals surface area contributed by atoms with Crippen LogP contribution in [0.2, 0.25) is 0 Å². The summed E-state index contributed by atoms with van der Waals surface area (Å²) in [7, 11) is 3.70. The SMILES string of the molecule is COc1cc(-c2c(-c3ccncc3)nn3c(-c4ccc(N5C[C@@H]6C[C@H]5CN6C)cc4C)ccnc23)ccc1F. The Hall–Kier alpha value is -4.30. The summed E-state index contributed by atoms with van der Waals surface area (Å²) >= 11 is 0. The Morgan fingerprint density at radius 3 is 2.49 bits per heavy atom. The van der Waals surface area contributed by atoms with Crippen LogP contribution in [0.5, 0.6) is 5.75 Å². The molecule has 2 aromatic carbocycles. The van der Waals surface area contributed by atoms with E-state index in [1.54, 1.807) is 24.5 Å². The molecule has 0 spiro atoms. The third-order valence-corrected chi connectivity index (χ3v) is 8.24. The number of methoxy groups -OCH3 is 1. The number of halogens is 1. The second-order valence-corrected chi connectivity index (χ2v) is 10.5. The van der Waals surface area contributed by atoms with E-state index < -0.39 is 5.82 Å². The van der Waals surface area contributed by atoms with E-state index in [9.17, 15) is 4.39 Å². The number of likely N-dealkylation sites (N-methyl/N-ethyl adjacent to an activating group) is 1. The number of aryl methyl sites for hydroxylation is 1. The van der Waals surface area contributed by atoms with E-state index >= 15 is 0 Å². The van der Waals surface area contributed by atoms with Gasteiger partial charge in [0.25, 0.3) is 0 Å². The fourth-order valence-electron chi connectivity index (χ4n) is 6.24. The second-order valence-electron chi connectivity index (χ2n) is 10.5. The monoisotopic (exact) mass is 520 g/mol. The van der Waals surface area contributed by atoms with Crippen LogP contribution < -0.4 is 9.64 Å². The van der Waals surface area contributed by atoms with Crippen molar-refractivity contribution in [3.8, 4) is 39.4 Å². The van der Waals surface area contributed by atoms with E-state index in [-0.39, 0.29) is 5.75 Å².